The van der Waals surface area contributed by atoms with E-state index < -0.39 is 0 Å². The number of carbonyl (C=O) groups is 1. The first-order valence-electron chi connectivity index (χ1n) is 7.60. The van der Waals surface area contributed by atoms with Gasteiger partial charge in [0.2, 0.25) is 0 Å². The Morgan fingerprint density at radius 1 is 1.04 bits per heavy atom. The Kier molecular flexibility index (Phi) is 3.51. The average Bonchev–Trinajstić information content (AvgIpc) is 3.01. The maximum absolute atomic E-state index is 11.6. The third-order valence-corrected chi connectivity index (χ3v) is 3.99. The van der Waals surface area contributed by atoms with Gasteiger partial charge in [0.05, 0.1) is 13.2 Å². The van der Waals surface area contributed by atoms with Crippen LogP contribution in [0.1, 0.15) is 10.5 Å². The van der Waals surface area contributed by atoms with Crippen molar-refractivity contribution in [3.8, 4) is 11.3 Å². The molecular weight excluding hydrogens is 292 g/mol. The molecule has 0 aliphatic carbocycles. The predicted octanol–water partition coefficient (Wildman–Crippen LogP) is 2.05. The molecule has 6 heteroatoms. The van der Waals surface area contributed by atoms with Crippen LogP contribution in [0.4, 0.5) is 5.82 Å². The van der Waals surface area contributed by atoms with Gasteiger partial charge in [-0.25, -0.2) is 9.50 Å². The molecule has 1 fully saturated rings. The summed E-state index contributed by atoms with van der Waals surface area (Å²) < 4.78 is 7.00. The van der Waals surface area contributed by atoms with Gasteiger partial charge in [0.1, 0.15) is 17.2 Å². The van der Waals surface area contributed by atoms with Gasteiger partial charge < -0.3 is 9.64 Å². The van der Waals surface area contributed by atoms with E-state index >= 15 is 0 Å². The number of benzene rings is 1. The van der Waals surface area contributed by atoms with Crippen LogP contribution in [0.25, 0.3) is 16.9 Å². The molecule has 0 saturated carbocycles. The van der Waals surface area contributed by atoms with Gasteiger partial charge in [-0.1, -0.05) is 30.3 Å². The first-order valence-corrected chi connectivity index (χ1v) is 7.60. The number of carbonyl (C=O) groups excluding carboxylic acids is 1. The third-order valence-electron chi connectivity index (χ3n) is 3.99. The molecule has 0 amide bonds. The molecule has 4 rings (SSSR count). The Morgan fingerprint density at radius 2 is 1.83 bits per heavy atom. The van der Waals surface area contributed by atoms with Crippen LogP contribution in [0.3, 0.4) is 0 Å². The molecule has 0 radical (unpaired) electrons. The number of hydrogen-bond donors (Lipinski definition) is 0. The Morgan fingerprint density at radius 3 is 2.57 bits per heavy atom. The highest BCUT2D eigenvalue weighted by Gasteiger charge is 2.17. The van der Waals surface area contributed by atoms with E-state index in [4.69, 9.17) is 4.74 Å². The van der Waals surface area contributed by atoms with E-state index in [1.165, 1.54) is 0 Å². The monoisotopic (exact) mass is 308 g/mol. The lowest BCUT2D eigenvalue weighted by Gasteiger charge is -2.27. The zero-order valence-corrected chi connectivity index (χ0v) is 12.6. The van der Waals surface area contributed by atoms with Gasteiger partial charge in [-0.05, 0) is 12.1 Å². The Balaban J connectivity index is 1.83. The molecular formula is C17H16N4O2. The lowest BCUT2D eigenvalue weighted by Crippen LogP contribution is -2.37. The van der Waals surface area contributed by atoms with Gasteiger partial charge in [-0.15, -0.1) is 5.10 Å². The molecule has 1 aliphatic rings. The summed E-state index contributed by atoms with van der Waals surface area (Å²) in [5.74, 6) is 0.834. The van der Waals surface area contributed by atoms with E-state index in [-0.39, 0.29) is 0 Å². The fourth-order valence-electron chi connectivity index (χ4n) is 2.82. The van der Waals surface area contributed by atoms with Crippen LogP contribution < -0.4 is 4.90 Å². The number of rotatable bonds is 3. The lowest BCUT2D eigenvalue weighted by atomic mass is 10.1. The van der Waals surface area contributed by atoms with Gasteiger partial charge >= 0.3 is 0 Å². The molecule has 1 aromatic carbocycles. The maximum atomic E-state index is 11.6. The first-order chi connectivity index (χ1) is 11.4. The van der Waals surface area contributed by atoms with Crippen LogP contribution >= 0.6 is 0 Å². The highest BCUT2D eigenvalue weighted by Crippen LogP contribution is 2.24. The van der Waals surface area contributed by atoms with E-state index in [1.54, 1.807) is 4.52 Å². The second-order valence-electron chi connectivity index (χ2n) is 5.39. The minimum atomic E-state index is 0.473. The quantitative estimate of drug-likeness (QED) is 0.693. The highest BCUT2D eigenvalue weighted by molar-refractivity contribution is 5.86. The average molecular weight is 308 g/mol. The van der Waals surface area contributed by atoms with E-state index in [1.807, 2.05) is 42.5 Å². The number of ether oxygens (including phenoxy) is 1. The normalized spacial score (nSPS) is 15.0. The summed E-state index contributed by atoms with van der Waals surface area (Å²) in [4.78, 5) is 18.3. The van der Waals surface area contributed by atoms with Crippen molar-refractivity contribution in [2.75, 3.05) is 31.2 Å². The van der Waals surface area contributed by atoms with E-state index in [0.717, 1.165) is 30.8 Å². The molecule has 1 saturated heterocycles. The van der Waals surface area contributed by atoms with Crippen molar-refractivity contribution < 1.29 is 9.53 Å². The van der Waals surface area contributed by atoms with Crippen LogP contribution in [0.5, 0.6) is 0 Å². The van der Waals surface area contributed by atoms with E-state index in [0.29, 0.717) is 30.2 Å². The van der Waals surface area contributed by atoms with Gasteiger partial charge in [-0.3, -0.25) is 4.79 Å². The Hall–Kier alpha value is -2.73. The lowest BCUT2D eigenvalue weighted by molar-refractivity contribution is 0.111. The zero-order valence-electron chi connectivity index (χ0n) is 12.6. The van der Waals surface area contributed by atoms with Crippen molar-refractivity contribution in [3.05, 3.63) is 48.2 Å². The SMILES string of the molecule is O=Cc1c(-c2ccccc2)nc2ccc(N3CCOCC3)nn12. The third kappa shape index (κ3) is 2.47. The number of aromatic nitrogens is 3. The van der Waals surface area contributed by atoms with Crippen molar-refractivity contribution in [1.29, 1.82) is 0 Å². The van der Waals surface area contributed by atoms with Crippen molar-refractivity contribution in [2.45, 2.75) is 0 Å². The minimum Gasteiger partial charge on any atom is -0.378 e. The molecule has 2 aromatic heterocycles. The fraction of sp³-hybridized carbons (Fsp3) is 0.235. The minimum absolute atomic E-state index is 0.473. The summed E-state index contributed by atoms with van der Waals surface area (Å²) in [6.07, 6.45) is 0.818. The van der Waals surface area contributed by atoms with Crippen LogP contribution in [0, 0.1) is 0 Å². The molecule has 3 heterocycles. The molecule has 0 bridgehead atoms. The maximum Gasteiger partial charge on any atom is 0.170 e. The molecule has 3 aromatic rings. The van der Waals surface area contributed by atoms with E-state index in [9.17, 15) is 4.79 Å². The van der Waals surface area contributed by atoms with Gasteiger partial charge in [0, 0.05) is 18.7 Å². The number of fused-ring (bicyclic) bond motifs is 1. The Bertz CT molecular complexity index is 838. The summed E-state index contributed by atoms with van der Waals surface area (Å²) >= 11 is 0. The van der Waals surface area contributed by atoms with Crippen molar-refractivity contribution in [3.63, 3.8) is 0 Å². The van der Waals surface area contributed by atoms with Gasteiger partial charge in [0.25, 0.3) is 0 Å². The molecule has 6 nitrogen and oxygen atoms in total. The van der Waals surface area contributed by atoms with Crippen LogP contribution in [-0.2, 0) is 4.74 Å². The van der Waals surface area contributed by atoms with Gasteiger partial charge in [-0.2, -0.15) is 0 Å². The molecule has 0 atom stereocenters. The number of nitrogens with zero attached hydrogens (tertiary/aromatic N) is 4. The smallest absolute Gasteiger partial charge is 0.170 e. The summed E-state index contributed by atoms with van der Waals surface area (Å²) in [6.45, 7) is 2.99. The number of anilines is 1. The standard InChI is InChI=1S/C17H16N4O2/c22-12-14-17(13-4-2-1-3-5-13)18-15-6-7-16(19-21(14)15)20-8-10-23-11-9-20/h1-7,12H,8-11H2. The van der Waals surface area contributed by atoms with Gasteiger partial charge in [0.15, 0.2) is 11.9 Å². The van der Waals surface area contributed by atoms with Crippen LogP contribution in [0.2, 0.25) is 0 Å². The van der Waals surface area contributed by atoms with Crippen molar-refractivity contribution >= 4 is 17.8 Å². The summed E-state index contributed by atoms with van der Waals surface area (Å²) in [7, 11) is 0. The second-order valence-corrected chi connectivity index (χ2v) is 5.39. The Labute approximate surface area is 133 Å². The predicted molar refractivity (Wildman–Crippen MR) is 86.8 cm³/mol. The topological polar surface area (TPSA) is 59.7 Å². The summed E-state index contributed by atoms with van der Waals surface area (Å²) in [5, 5.41) is 4.61. The molecule has 0 spiro atoms. The van der Waals surface area contributed by atoms with Crippen molar-refractivity contribution in [1.82, 2.24) is 14.6 Å². The number of imidazole rings is 1. The highest BCUT2D eigenvalue weighted by atomic mass is 16.5. The first kappa shape index (κ1) is 13.9. The molecule has 0 unspecified atom stereocenters. The number of aldehydes is 1. The summed E-state index contributed by atoms with van der Waals surface area (Å²) in [6, 6.07) is 13.5. The largest absolute Gasteiger partial charge is 0.378 e. The molecule has 0 N–H and O–H groups in total. The molecule has 23 heavy (non-hydrogen) atoms. The fourth-order valence-corrected chi connectivity index (χ4v) is 2.82. The van der Waals surface area contributed by atoms with Crippen molar-refractivity contribution in [2.24, 2.45) is 0 Å². The van der Waals surface area contributed by atoms with E-state index in [2.05, 4.69) is 15.0 Å². The molecule has 116 valence electrons. The number of hydrogen-bond acceptors (Lipinski definition) is 5. The van der Waals surface area contributed by atoms with Crippen LogP contribution in [-0.4, -0.2) is 47.2 Å². The van der Waals surface area contributed by atoms with Crippen LogP contribution in [0.15, 0.2) is 42.5 Å². The molecule has 1 aliphatic heterocycles. The summed E-state index contributed by atoms with van der Waals surface area (Å²) in [5.41, 5.74) is 2.71. The zero-order chi connectivity index (χ0) is 15.6. The second kappa shape index (κ2) is 5.81. The number of morpholine rings is 1.